The summed E-state index contributed by atoms with van der Waals surface area (Å²) in [5.41, 5.74) is 4.14. The maximum absolute atomic E-state index is 13.4. The molecule has 0 amide bonds. The first-order valence-corrected chi connectivity index (χ1v) is 7.08. The largest absolute Gasteiger partial charge is 0.299 e. The molecule has 0 fully saturated rings. The third kappa shape index (κ3) is 1.51. The molecule has 0 N–H and O–H groups in total. The highest BCUT2D eigenvalue weighted by Crippen LogP contribution is 2.45. The van der Waals surface area contributed by atoms with Crippen molar-refractivity contribution in [3.8, 4) is 0 Å². The summed E-state index contributed by atoms with van der Waals surface area (Å²) in [6.45, 7) is 0. The molecule has 2 aromatic carbocycles. The number of Topliss-reactive ketones (excluding diaryl/α,β-unsaturated/α-hetero) is 1. The van der Waals surface area contributed by atoms with E-state index in [1.54, 1.807) is 6.07 Å². The molecule has 1 nitrogen and oxygen atoms in total. The molecule has 0 aromatic heterocycles. The molecule has 1 spiro atoms. The Morgan fingerprint density at radius 2 is 1.60 bits per heavy atom. The molecule has 0 saturated carbocycles. The van der Waals surface area contributed by atoms with Crippen molar-refractivity contribution >= 4 is 5.78 Å². The van der Waals surface area contributed by atoms with Crippen molar-refractivity contribution in [2.45, 2.75) is 31.1 Å². The van der Waals surface area contributed by atoms with Crippen LogP contribution in [0, 0.1) is 5.82 Å². The minimum atomic E-state index is -0.440. The lowest BCUT2D eigenvalue weighted by Crippen LogP contribution is -2.41. The molecule has 0 aliphatic heterocycles. The van der Waals surface area contributed by atoms with Gasteiger partial charge in [0.25, 0.3) is 0 Å². The number of aryl methyl sites for hydroxylation is 1. The summed E-state index contributed by atoms with van der Waals surface area (Å²) in [5, 5.41) is 0. The fourth-order valence-corrected chi connectivity index (χ4v) is 3.88. The monoisotopic (exact) mass is 266 g/mol. The number of hydrogen-bond donors (Lipinski definition) is 0. The van der Waals surface area contributed by atoms with Crippen molar-refractivity contribution in [3.05, 3.63) is 70.5 Å². The Morgan fingerprint density at radius 3 is 2.30 bits per heavy atom. The lowest BCUT2D eigenvalue weighted by molar-refractivity contribution is -0.124. The van der Waals surface area contributed by atoms with Gasteiger partial charge in [-0.15, -0.1) is 0 Å². The lowest BCUT2D eigenvalue weighted by atomic mass is 9.67. The van der Waals surface area contributed by atoms with E-state index in [-0.39, 0.29) is 5.82 Å². The van der Waals surface area contributed by atoms with Crippen molar-refractivity contribution in [1.82, 2.24) is 0 Å². The van der Waals surface area contributed by atoms with Crippen LogP contribution in [0.25, 0.3) is 0 Å². The third-order valence-corrected chi connectivity index (χ3v) is 4.84. The highest BCUT2D eigenvalue weighted by atomic mass is 19.1. The van der Waals surface area contributed by atoms with Crippen molar-refractivity contribution in [3.63, 3.8) is 0 Å². The zero-order valence-corrected chi connectivity index (χ0v) is 11.2. The van der Waals surface area contributed by atoms with Gasteiger partial charge in [-0.3, -0.25) is 4.79 Å². The van der Waals surface area contributed by atoms with Crippen LogP contribution >= 0.6 is 0 Å². The van der Waals surface area contributed by atoms with E-state index in [0.29, 0.717) is 18.6 Å². The van der Waals surface area contributed by atoms with E-state index >= 15 is 0 Å². The van der Waals surface area contributed by atoms with Crippen LogP contribution in [0.1, 0.15) is 28.7 Å². The van der Waals surface area contributed by atoms with E-state index in [2.05, 4.69) is 12.1 Å². The predicted octanol–water partition coefficient (Wildman–Crippen LogP) is 3.38. The summed E-state index contributed by atoms with van der Waals surface area (Å²) >= 11 is 0. The third-order valence-electron chi connectivity index (χ3n) is 4.84. The minimum Gasteiger partial charge on any atom is -0.299 e. The van der Waals surface area contributed by atoms with Gasteiger partial charge in [0.15, 0.2) is 0 Å². The smallest absolute Gasteiger partial charge is 0.144 e. The Balaban J connectivity index is 1.90. The van der Waals surface area contributed by atoms with Gasteiger partial charge >= 0.3 is 0 Å². The van der Waals surface area contributed by atoms with Crippen LogP contribution in [0.2, 0.25) is 0 Å². The fraction of sp³-hybridized carbons (Fsp3) is 0.278. The number of carbonyl (C=O) groups is 1. The van der Waals surface area contributed by atoms with Gasteiger partial charge < -0.3 is 0 Å². The Hall–Kier alpha value is -1.96. The van der Waals surface area contributed by atoms with Crippen molar-refractivity contribution in [2.24, 2.45) is 0 Å². The summed E-state index contributed by atoms with van der Waals surface area (Å²) in [4.78, 5) is 12.6. The summed E-state index contributed by atoms with van der Waals surface area (Å²) in [6.07, 6.45) is 2.73. The first-order valence-electron chi connectivity index (χ1n) is 7.08. The average molecular weight is 266 g/mol. The van der Waals surface area contributed by atoms with E-state index in [1.165, 1.54) is 17.2 Å². The maximum atomic E-state index is 13.4. The number of carbonyl (C=O) groups excluding carboxylic acids is 1. The molecule has 0 saturated heterocycles. The predicted molar refractivity (Wildman–Crippen MR) is 75.3 cm³/mol. The molecule has 0 bridgehead atoms. The van der Waals surface area contributed by atoms with Gasteiger partial charge in [0.05, 0.1) is 5.41 Å². The highest BCUT2D eigenvalue weighted by molar-refractivity contribution is 5.94. The van der Waals surface area contributed by atoms with Crippen LogP contribution in [0.15, 0.2) is 42.5 Å². The molecule has 2 aliphatic rings. The van der Waals surface area contributed by atoms with Gasteiger partial charge in [0, 0.05) is 6.42 Å². The Kier molecular flexibility index (Phi) is 2.38. The second kappa shape index (κ2) is 4.02. The molecule has 2 aromatic rings. The summed E-state index contributed by atoms with van der Waals surface area (Å²) in [7, 11) is 0. The molecule has 2 aliphatic carbocycles. The van der Waals surface area contributed by atoms with E-state index < -0.39 is 5.41 Å². The van der Waals surface area contributed by atoms with Crippen LogP contribution in [0.5, 0.6) is 0 Å². The number of benzene rings is 2. The van der Waals surface area contributed by atoms with Crippen LogP contribution in [-0.4, -0.2) is 5.78 Å². The molecule has 100 valence electrons. The van der Waals surface area contributed by atoms with E-state index in [4.69, 9.17) is 0 Å². The van der Waals surface area contributed by atoms with Gasteiger partial charge in [-0.05, 0) is 53.6 Å². The molecule has 0 heterocycles. The average Bonchev–Trinajstić information content (AvgIpc) is 2.83. The number of halogens is 1. The number of rotatable bonds is 0. The number of fused-ring (bicyclic) bond motifs is 3. The molecular weight excluding hydrogens is 251 g/mol. The van der Waals surface area contributed by atoms with Gasteiger partial charge in [-0.25, -0.2) is 4.39 Å². The Morgan fingerprint density at radius 1 is 0.900 bits per heavy atom. The normalized spacial score (nSPS) is 18.9. The van der Waals surface area contributed by atoms with E-state index in [9.17, 15) is 9.18 Å². The van der Waals surface area contributed by atoms with Gasteiger partial charge in [-0.2, -0.15) is 0 Å². The van der Waals surface area contributed by atoms with E-state index in [1.807, 2.05) is 18.2 Å². The molecule has 4 rings (SSSR count). The quantitative estimate of drug-likeness (QED) is 0.714. The van der Waals surface area contributed by atoms with Crippen molar-refractivity contribution in [2.75, 3.05) is 0 Å². The summed E-state index contributed by atoms with van der Waals surface area (Å²) < 4.78 is 13.4. The molecule has 2 heteroatoms. The zero-order chi connectivity index (χ0) is 13.7. The molecule has 0 atom stereocenters. The van der Waals surface area contributed by atoms with Crippen LogP contribution < -0.4 is 0 Å². The lowest BCUT2D eigenvalue weighted by Gasteiger charge is -2.34. The van der Waals surface area contributed by atoms with E-state index in [0.717, 1.165) is 24.0 Å². The minimum absolute atomic E-state index is 0.205. The first kappa shape index (κ1) is 11.8. The maximum Gasteiger partial charge on any atom is 0.144 e. The molecule has 20 heavy (non-hydrogen) atoms. The highest BCUT2D eigenvalue weighted by Gasteiger charge is 2.47. The Bertz CT molecular complexity index is 692. The fourth-order valence-electron chi connectivity index (χ4n) is 3.88. The second-order valence-corrected chi connectivity index (χ2v) is 5.93. The zero-order valence-electron chi connectivity index (χ0n) is 11.2. The topological polar surface area (TPSA) is 17.1 Å². The number of ketones is 1. The van der Waals surface area contributed by atoms with Crippen LogP contribution in [0.4, 0.5) is 4.39 Å². The molecule has 0 unspecified atom stereocenters. The molecule has 0 radical (unpaired) electrons. The molecular formula is C18H15FO. The van der Waals surface area contributed by atoms with Crippen LogP contribution in [-0.2, 0) is 29.5 Å². The Labute approximate surface area is 117 Å². The van der Waals surface area contributed by atoms with Gasteiger partial charge in [0.1, 0.15) is 11.6 Å². The standard InChI is InChI=1S/C18H15FO/c19-15-6-7-16-12(9-15)5-8-17(20)18(16)10-13-3-1-2-4-14(13)11-18/h1-4,6-7,9H,5,8,10-11H2. The first-order chi connectivity index (χ1) is 9.69. The SMILES string of the molecule is O=C1CCc2cc(F)ccc2C12Cc1ccccc1C2. The number of hydrogen-bond acceptors (Lipinski definition) is 1. The van der Waals surface area contributed by atoms with Crippen molar-refractivity contribution in [1.29, 1.82) is 0 Å². The van der Waals surface area contributed by atoms with Crippen molar-refractivity contribution < 1.29 is 9.18 Å². The van der Waals surface area contributed by atoms with Crippen LogP contribution in [0.3, 0.4) is 0 Å². The van der Waals surface area contributed by atoms with Gasteiger partial charge in [-0.1, -0.05) is 30.3 Å². The second-order valence-electron chi connectivity index (χ2n) is 5.93. The van der Waals surface area contributed by atoms with Gasteiger partial charge in [0.2, 0.25) is 0 Å². The summed E-state index contributed by atoms with van der Waals surface area (Å²) in [6, 6.07) is 13.2. The summed E-state index contributed by atoms with van der Waals surface area (Å²) in [5.74, 6) is 0.108.